The van der Waals surface area contributed by atoms with E-state index in [0.717, 1.165) is 0 Å². The van der Waals surface area contributed by atoms with Gasteiger partial charge in [-0.2, -0.15) is 13.6 Å². The zero-order chi connectivity index (χ0) is 34.9. The molecule has 1 aliphatic heterocycles. The van der Waals surface area contributed by atoms with Crippen LogP contribution in [-0.4, -0.2) is 63.0 Å². The van der Waals surface area contributed by atoms with Crippen LogP contribution in [0.3, 0.4) is 0 Å². The molecule has 3 heterocycles. The summed E-state index contributed by atoms with van der Waals surface area (Å²) in [7, 11) is -16.9. The number of nitrogens with two attached hydrogens (primary N) is 1. The van der Waals surface area contributed by atoms with Crippen molar-refractivity contribution in [2.45, 2.75) is 57.8 Å². The smallest absolute Gasteiger partial charge is 0.390 e. The number of phosphoric ester groups is 1. The second kappa shape index (κ2) is 14.3. The fraction of sp³-hybridized carbons (Fsp3) is 0.478. The van der Waals surface area contributed by atoms with Gasteiger partial charge in [-0.15, -0.1) is 0 Å². The molecule has 4 rings (SSSR count). The van der Waals surface area contributed by atoms with E-state index in [1.165, 1.54) is 22.9 Å². The zero-order valence-electron chi connectivity index (χ0n) is 24.6. The summed E-state index contributed by atoms with van der Waals surface area (Å²) in [4.78, 5) is 67.2. The standard InChI is InChI=1S/C23H32N5O16P3/c1-12(2)7-17(14-5-3-4-6-15(14)28(31)32)40-10-13-9-27(21-20(13)22(30)26-23(24)25-21)19-8-16(29)18(42-19)11-41-46(36,37)44-47(38,39)43-45(33,34)35/h3-6,9,12,16-19,29H,7-8,10-11H2,1-2H3,(H,36,37)(H,38,39)(H2,33,34,35)(H3,24,25,26,30)/t16-,17-,18-,19-/m1/s1. The number of nitrogen functional groups attached to an aromatic ring is 1. The summed E-state index contributed by atoms with van der Waals surface area (Å²) in [5, 5.41) is 22.3. The fourth-order valence-electron chi connectivity index (χ4n) is 4.91. The summed E-state index contributed by atoms with van der Waals surface area (Å²) in [6.07, 6.45) is -2.89. The number of hydrogen-bond acceptors (Lipinski definition) is 14. The Balaban J connectivity index is 1.56. The van der Waals surface area contributed by atoms with Gasteiger partial charge in [0.15, 0.2) is 5.65 Å². The van der Waals surface area contributed by atoms with Gasteiger partial charge in [0.05, 0.1) is 41.3 Å². The molecular weight excluding hydrogens is 695 g/mol. The summed E-state index contributed by atoms with van der Waals surface area (Å²) >= 11 is 0. The number of anilines is 1. The number of nitrogens with one attached hydrogen (secondary N) is 1. The minimum absolute atomic E-state index is 0.0155. The summed E-state index contributed by atoms with van der Waals surface area (Å²) in [6, 6.07) is 6.12. The maximum absolute atomic E-state index is 13.0. The van der Waals surface area contributed by atoms with Gasteiger partial charge in [0.1, 0.15) is 12.3 Å². The molecule has 1 saturated heterocycles. The molecular formula is C23H32N5O16P3. The van der Waals surface area contributed by atoms with Crippen LogP contribution in [0.4, 0.5) is 11.6 Å². The highest BCUT2D eigenvalue weighted by atomic mass is 31.3. The molecule has 3 aromatic rings. The van der Waals surface area contributed by atoms with Crippen LogP contribution in [0, 0.1) is 16.0 Å². The van der Waals surface area contributed by atoms with Gasteiger partial charge in [-0.1, -0.05) is 26.0 Å². The fourth-order valence-corrected chi connectivity index (χ4v) is 7.94. The number of aliphatic hydroxyl groups is 1. The lowest BCUT2D eigenvalue weighted by molar-refractivity contribution is -0.386. The summed E-state index contributed by atoms with van der Waals surface area (Å²) in [6.45, 7) is 2.70. The van der Waals surface area contributed by atoms with E-state index in [4.69, 9.17) is 25.0 Å². The predicted molar refractivity (Wildman–Crippen MR) is 159 cm³/mol. The lowest BCUT2D eigenvalue weighted by Crippen LogP contribution is -2.26. The molecule has 0 aliphatic carbocycles. The number of fused-ring (bicyclic) bond motifs is 1. The number of hydrogen-bond donors (Lipinski definition) is 7. The summed E-state index contributed by atoms with van der Waals surface area (Å²) in [5.41, 5.74) is 5.65. The van der Waals surface area contributed by atoms with Gasteiger partial charge in [-0.3, -0.25) is 24.4 Å². The number of benzene rings is 1. The molecule has 1 aromatic carbocycles. The third-order valence-electron chi connectivity index (χ3n) is 6.72. The number of aromatic amines is 1. The first kappa shape index (κ1) is 37.0. The number of H-pyrrole nitrogens is 1. The number of nitro groups is 1. The number of nitro benzene ring substituents is 1. The molecule has 21 nitrogen and oxygen atoms in total. The van der Waals surface area contributed by atoms with Gasteiger partial charge in [0.25, 0.3) is 11.2 Å². The van der Waals surface area contributed by atoms with E-state index in [1.54, 1.807) is 12.1 Å². The van der Waals surface area contributed by atoms with E-state index in [-0.39, 0.29) is 47.2 Å². The Morgan fingerprint density at radius 3 is 2.49 bits per heavy atom. The quantitative estimate of drug-likeness (QED) is 0.0671. The SMILES string of the molecule is CC(C)C[C@@H](OCc1cn([C@H]2C[C@@H](O)[C@@H](COP(=O)(O)OP(=O)(O)OP(=O)(O)O)O2)c2nc(N)[nH]c(=O)c12)c1ccccc1[N+](=O)[O-]. The monoisotopic (exact) mass is 727 g/mol. The van der Waals surface area contributed by atoms with E-state index < -0.39 is 65.1 Å². The van der Waals surface area contributed by atoms with Crippen LogP contribution in [0.25, 0.3) is 11.0 Å². The number of rotatable bonds is 15. The Hall–Kier alpha value is -2.87. The molecule has 1 aliphatic rings. The first-order valence-corrected chi connectivity index (χ1v) is 18.1. The summed E-state index contributed by atoms with van der Waals surface area (Å²) < 4.78 is 59.7. The molecule has 0 amide bonds. The molecule has 2 aromatic heterocycles. The molecule has 0 bridgehead atoms. The van der Waals surface area contributed by atoms with Gasteiger partial charge < -0.3 is 44.5 Å². The summed E-state index contributed by atoms with van der Waals surface area (Å²) in [5.74, 6) is -0.184. The van der Waals surface area contributed by atoms with Crippen LogP contribution in [0.1, 0.15) is 50.1 Å². The van der Waals surface area contributed by atoms with E-state index in [0.29, 0.717) is 12.0 Å². The number of ether oxygens (including phenoxy) is 2. The molecule has 0 saturated carbocycles. The van der Waals surface area contributed by atoms with Crippen LogP contribution in [0.15, 0.2) is 35.3 Å². The lowest BCUT2D eigenvalue weighted by Gasteiger charge is -2.20. The topological polar surface area (TPSA) is 318 Å². The van der Waals surface area contributed by atoms with Crippen LogP contribution < -0.4 is 11.3 Å². The molecule has 1 fully saturated rings. The van der Waals surface area contributed by atoms with E-state index in [2.05, 4.69) is 23.1 Å². The van der Waals surface area contributed by atoms with Crippen LogP contribution in [-0.2, 0) is 42.9 Å². The van der Waals surface area contributed by atoms with E-state index in [1.807, 2.05) is 13.8 Å². The van der Waals surface area contributed by atoms with Crippen molar-refractivity contribution in [1.82, 2.24) is 14.5 Å². The molecule has 6 atom stereocenters. The van der Waals surface area contributed by atoms with E-state index >= 15 is 0 Å². The minimum Gasteiger partial charge on any atom is -0.390 e. The van der Waals surface area contributed by atoms with Crippen molar-refractivity contribution >= 4 is 46.1 Å². The second-order valence-corrected chi connectivity index (χ2v) is 15.2. The third-order valence-corrected chi connectivity index (χ3v) is 10.5. The Labute approximate surface area is 264 Å². The Bertz CT molecular complexity index is 1830. The average Bonchev–Trinajstić information content (AvgIpc) is 3.47. The first-order valence-electron chi connectivity index (χ1n) is 13.6. The molecule has 260 valence electrons. The highest BCUT2D eigenvalue weighted by molar-refractivity contribution is 7.66. The second-order valence-electron chi connectivity index (χ2n) is 10.8. The van der Waals surface area contributed by atoms with Gasteiger partial charge in [0, 0.05) is 24.2 Å². The first-order chi connectivity index (χ1) is 21.7. The van der Waals surface area contributed by atoms with Crippen molar-refractivity contribution < 1.29 is 65.9 Å². The molecule has 24 heteroatoms. The Kier molecular flexibility index (Phi) is 11.3. The maximum Gasteiger partial charge on any atom is 0.490 e. The lowest BCUT2D eigenvalue weighted by atomic mass is 9.98. The Morgan fingerprint density at radius 1 is 1.17 bits per heavy atom. The van der Waals surface area contributed by atoms with Crippen molar-refractivity contribution in [2.75, 3.05) is 12.3 Å². The Morgan fingerprint density at radius 2 is 1.85 bits per heavy atom. The van der Waals surface area contributed by atoms with Gasteiger partial charge in [0.2, 0.25) is 5.95 Å². The third kappa shape index (κ3) is 9.61. The largest absolute Gasteiger partial charge is 0.490 e. The maximum atomic E-state index is 13.0. The van der Waals surface area contributed by atoms with Gasteiger partial charge >= 0.3 is 23.5 Å². The van der Waals surface area contributed by atoms with Crippen LogP contribution >= 0.6 is 23.5 Å². The van der Waals surface area contributed by atoms with Crippen molar-refractivity contribution in [1.29, 1.82) is 0 Å². The molecule has 8 N–H and O–H groups in total. The normalized spacial score (nSPS) is 21.9. The molecule has 2 unspecified atom stereocenters. The van der Waals surface area contributed by atoms with Crippen molar-refractivity contribution in [3.8, 4) is 0 Å². The highest BCUT2D eigenvalue weighted by Gasteiger charge is 2.43. The molecule has 0 radical (unpaired) electrons. The minimum atomic E-state index is -5.76. The number of nitrogens with zero attached hydrogens (tertiary/aromatic N) is 3. The van der Waals surface area contributed by atoms with Gasteiger partial charge in [-0.25, -0.2) is 13.7 Å². The number of para-hydroxylation sites is 1. The van der Waals surface area contributed by atoms with Crippen molar-refractivity contribution in [2.24, 2.45) is 5.92 Å². The van der Waals surface area contributed by atoms with Crippen LogP contribution in [0.5, 0.6) is 0 Å². The zero-order valence-corrected chi connectivity index (χ0v) is 27.3. The number of aliphatic hydroxyl groups excluding tert-OH is 1. The highest BCUT2D eigenvalue weighted by Crippen LogP contribution is 2.66. The molecule has 47 heavy (non-hydrogen) atoms. The van der Waals surface area contributed by atoms with Gasteiger partial charge in [-0.05, 0) is 18.4 Å². The van der Waals surface area contributed by atoms with E-state index in [9.17, 15) is 43.5 Å². The number of phosphoric acid groups is 3. The van der Waals surface area contributed by atoms with Crippen molar-refractivity contribution in [3.05, 3.63) is 62.1 Å². The van der Waals surface area contributed by atoms with Crippen LogP contribution in [0.2, 0.25) is 0 Å². The predicted octanol–water partition coefficient (Wildman–Crippen LogP) is 2.51. The average molecular weight is 727 g/mol. The van der Waals surface area contributed by atoms with Crippen molar-refractivity contribution in [3.63, 3.8) is 0 Å². The molecule has 0 spiro atoms. The number of aromatic nitrogens is 3.